The maximum atomic E-state index is 12.2. The van der Waals surface area contributed by atoms with Gasteiger partial charge in [-0.25, -0.2) is 0 Å². The number of hydrogen-bond donors (Lipinski definition) is 3. The lowest BCUT2D eigenvalue weighted by Crippen LogP contribution is -2.30. The first-order valence-electron chi connectivity index (χ1n) is 13.1. The number of carbonyl (C=O) groups is 3. The Labute approximate surface area is 223 Å². The summed E-state index contributed by atoms with van der Waals surface area (Å²) in [7, 11) is 0. The van der Waals surface area contributed by atoms with Crippen LogP contribution in [-0.2, 0) is 27.3 Å². The monoisotopic (exact) mass is 514 g/mol. The van der Waals surface area contributed by atoms with Crippen LogP contribution in [0.5, 0.6) is 5.75 Å². The van der Waals surface area contributed by atoms with Gasteiger partial charge in [-0.2, -0.15) is 0 Å². The van der Waals surface area contributed by atoms with Crippen LogP contribution in [0.4, 0.5) is 0 Å². The van der Waals surface area contributed by atoms with Crippen molar-refractivity contribution in [2.45, 2.75) is 38.6 Å². The van der Waals surface area contributed by atoms with E-state index in [1.54, 1.807) is 6.20 Å². The molecule has 3 N–H and O–H groups in total. The van der Waals surface area contributed by atoms with Crippen LogP contribution >= 0.6 is 0 Å². The molecule has 8 nitrogen and oxygen atoms in total. The predicted octanol–water partition coefficient (Wildman–Crippen LogP) is 3.41. The molecule has 0 aliphatic heterocycles. The maximum Gasteiger partial charge on any atom is 0.226 e. The van der Waals surface area contributed by atoms with E-state index in [-0.39, 0.29) is 37.0 Å². The highest BCUT2D eigenvalue weighted by Gasteiger charge is 2.21. The number of pyridine rings is 1. The molecule has 8 heteroatoms. The van der Waals surface area contributed by atoms with Crippen LogP contribution in [0.2, 0.25) is 0 Å². The maximum absolute atomic E-state index is 12.2. The summed E-state index contributed by atoms with van der Waals surface area (Å²) < 4.78 is 5.71. The molecule has 1 heterocycles. The van der Waals surface area contributed by atoms with Crippen LogP contribution in [-0.4, -0.2) is 42.4 Å². The molecule has 3 aromatic rings. The number of hydrogen-bond acceptors (Lipinski definition) is 5. The summed E-state index contributed by atoms with van der Waals surface area (Å²) in [6.07, 6.45) is 4.74. The molecule has 0 saturated heterocycles. The van der Waals surface area contributed by atoms with Gasteiger partial charge in [0.25, 0.3) is 0 Å². The van der Waals surface area contributed by atoms with E-state index < -0.39 is 0 Å². The number of rotatable bonds is 14. The average molecular weight is 515 g/mol. The van der Waals surface area contributed by atoms with E-state index in [2.05, 4.69) is 20.9 Å². The van der Waals surface area contributed by atoms with Gasteiger partial charge in [-0.05, 0) is 48.1 Å². The SMILES string of the molecule is O=C(CCC(=O)NCC1CC1)NCCOc1ccc(-c2ccc(CC(=O)NCc3ccccc3)nc2)cc1. The normalized spacial score (nSPS) is 12.4. The highest BCUT2D eigenvalue weighted by molar-refractivity contribution is 5.83. The molecule has 1 aliphatic rings. The standard InChI is InChI=1S/C30H34N4O4/c35-28(14-15-29(36)33-20-23-6-7-23)31-16-17-38-27-12-9-24(10-13-27)25-8-11-26(32-21-25)18-30(37)34-19-22-4-2-1-3-5-22/h1-5,8-13,21,23H,6-7,14-20H2,(H,31,35)(H,33,36)(H,34,37). The fourth-order valence-corrected chi connectivity index (χ4v) is 3.81. The first-order valence-corrected chi connectivity index (χ1v) is 13.1. The van der Waals surface area contributed by atoms with E-state index in [1.165, 1.54) is 12.8 Å². The Morgan fingerprint density at radius 1 is 0.789 bits per heavy atom. The fraction of sp³-hybridized carbons (Fsp3) is 0.333. The van der Waals surface area contributed by atoms with Crippen LogP contribution in [0.3, 0.4) is 0 Å². The van der Waals surface area contributed by atoms with Gasteiger partial charge in [0, 0.05) is 43.4 Å². The molecule has 1 fully saturated rings. The Kier molecular flexibility index (Phi) is 9.84. The first-order chi connectivity index (χ1) is 18.5. The molecule has 4 rings (SSSR count). The Morgan fingerprint density at radius 2 is 1.50 bits per heavy atom. The Balaban J connectivity index is 1.12. The van der Waals surface area contributed by atoms with Crippen molar-refractivity contribution in [1.29, 1.82) is 0 Å². The Hall–Kier alpha value is -4.20. The van der Waals surface area contributed by atoms with Gasteiger partial charge in [-0.3, -0.25) is 19.4 Å². The summed E-state index contributed by atoms with van der Waals surface area (Å²) in [5, 5.41) is 8.55. The molecule has 198 valence electrons. The van der Waals surface area contributed by atoms with Gasteiger partial charge in [0.2, 0.25) is 17.7 Å². The third kappa shape index (κ3) is 9.35. The van der Waals surface area contributed by atoms with Gasteiger partial charge in [0.1, 0.15) is 12.4 Å². The largest absolute Gasteiger partial charge is 0.492 e. The second kappa shape index (κ2) is 13.9. The second-order valence-electron chi connectivity index (χ2n) is 9.45. The molecular formula is C30H34N4O4. The van der Waals surface area contributed by atoms with Gasteiger partial charge >= 0.3 is 0 Å². The van der Waals surface area contributed by atoms with E-state index in [0.717, 1.165) is 23.2 Å². The lowest BCUT2D eigenvalue weighted by molar-refractivity contribution is -0.126. The minimum Gasteiger partial charge on any atom is -0.492 e. The highest BCUT2D eigenvalue weighted by Crippen LogP contribution is 2.27. The quantitative estimate of drug-likeness (QED) is 0.286. The van der Waals surface area contributed by atoms with Crippen molar-refractivity contribution in [3.63, 3.8) is 0 Å². The zero-order valence-corrected chi connectivity index (χ0v) is 21.4. The molecule has 1 aromatic heterocycles. The third-order valence-corrected chi connectivity index (χ3v) is 6.24. The topological polar surface area (TPSA) is 109 Å². The number of benzene rings is 2. The van der Waals surface area contributed by atoms with Crippen molar-refractivity contribution in [2.75, 3.05) is 19.7 Å². The van der Waals surface area contributed by atoms with Gasteiger partial charge in [0.05, 0.1) is 13.0 Å². The minimum atomic E-state index is -0.157. The molecule has 3 amide bonds. The number of aromatic nitrogens is 1. The van der Waals surface area contributed by atoms with E-state index in [0.29, 0.717) is 37.1 Å². The van der Waals surface area contributed by atoms with Gasteiger partial charge < -0.3 is 20.7 Å². The number of amides is 3. The summed E-state index contributed by atoms with van der Waals surface area (Å²) in [4.78, 5) is 40.3. The Bertz CT molecular complexity index is 1190. The summed E-state index contributed by atoms with van der Waals surface area (Å²) in [5.41, 5.74) is 3.69. The van der Waals surface area contributed by atoms with Crippen LogP contribution < -0.4 is 20.7 Å². The molecule has 1 saturated carbocycles. The van der Waals surface area contributed by atoms with Crippen LogP contribution in [0.25, 0.3) is 11.1 Å². The number of nitrogens with zero attached hydrogens (tertiary/aromatic N) is 1. The number of carbonyl (C=O) groups excluding carboxylic acids is 3. The zero-order chi connectivity index (χ0) is 26.6. The van der Waals surface area contributed by atoms with Crippen molar-refractivity contribution in [3.8, 4) is 16.9 Å². The fourth-order valence-electron chi connectivity index (χ4n) is 3.81. The van der Waals surface area contributed by atoms with Crippen LogP contribution in [0.15, 0.2) is 72.9 Å². The average Bonchev–Trinajstić information content (AvgIpc) is 3.78. The van der Waals surface area contributed by atoms with Gasteiger partial charge in [0.15, 0.2) is 0 Å². The van der Waals surface area contributed by atoms with E-state index in [9.17, 15) is 14.4 Å². The smallest absolute Gasteiger partial charge is 0.226 e. The molecule has 0 radical (unpaired) electrons. The Morgan fingerprint density at radius 3 is 2.18 bits per heavy atom. The van der Waals surface area contributed by atoms with Crippen molar-refractivity contribution >= 4 is 17.7 Å². The van der Waals surface area contributed by atoms with Crippen molar-refractivity contribution in [2.24, 2.45) is 5.92 Å². The van der Waals surface area contributed by atoms with Crippen LogP contribution in [0.1, 0.15) is 36.9 Å². The molecule has 38 heavy (non-hydrogen) atoms. The molecule has 0 spiro atoms. The molecule has 0 bridgehead atoms. The molecule has 2 aromatic carbocycles. The number of nitrogens with one attached hydrogen (secondary N) is 3. The summed E-state index contributed by atoms with van der Waals surface area (Å²) in [6, 6.07) is 21.2. The first kappa shape index (κ1) is 26.9. The molecule has 0 unspecified atom stereocenters. The second-order valence-corrected chi connectivity index (χ2v) is 9.45. The third-order valence-electron chi connectivity index (χ3n) is 6.24. The lowest BCUT2D eigenvalue weighted by atomic mass is 10.1. The summed E-state index contributed by atoms with van der Waals surface area (Å²) >= 11 is 0. The van der Waals surface area contributed by atoms with E-state index >= 15 is 0 Å². The van der Waals surface area contributed by atoms with E-state index in [4.69, 9.17) is 4.74 Å². The lowest BCUT2D eigenvalue weighted by Gasteiger charge is -2.09. The zero-order valence-electron chi connectivity index (χ0n) is 21.4. The molecular weight excluding hydrogens is 480 g/mol. The van der Waals surface area contributed by atoms with Crippen LogP contribution in [0, 0.1) is 5.92 Å². The van der Waals surface area contributed by atoms with Gasteiger partial charge in [-0.15, -0.1) is 0 Å². The predicted molar refractivity (Wildman–Crippen MR) is 145 cm³/mol. The van der Waals surface area contributed by atoms with Crippen molar-refractivity contribution < 1.29 is 19.1 Å². The molecule has 1 aliphatic carbocycles. The summed E-state index contributed by atoms with van der Waals surface area (Å²) in [5.74, 6) is 1.03. The van der Waals surface area contributed by atoms with Crippen molar-refractivity contribution in [1.82, 2.24) is 20.9 Å². The number of ether oxygens (including phenoxy) is 1. The minimum absolute atomic E-state index is 0.0684. The van der Waals surface area contributed by atoms with Gasteiger partial charge in [-0.1, -0.05) is 48.5 Å². The van der Waals surface area contributed by atoms with E-state index in [1.807, 2.05) is 66.7 Å². The highest BCUT2D eigenvalue weighted by atomic mass is 16.5. The summed E-state index contributed by atoms with van der Waals surface area (Å²) in [6.45, 7) is 1.93. The van der Waals surface area contributed by atoms with Crippen molar-refractivity contribution in [3.05, 3.63) is 84.2 Å². The molecule has 0 atom stereocenters.